The van der Waals surface area contributed by atoms with Crippen LogP contribution in [0.4, 0.5) is 5.69 Å². The van der Waals surface area contributed by atoms with Crippen LogP contribution in [0.25, 0.3) is 0 Å². The molecule has 0 radical (unpaired) electrons. The van der Waals surface area contributed by atoms with Crippen LogP contribution < -0.4 is 10.6 Å². The van der Waals surface area contributed by atoms with Gasteiger partial charge in [-0.15, -0.1) is 0 Å². The molecule has 2 aromatic rings. The Hall–Kier alpha value is -1.91. The number of pyridine rings is 1. The molecule has 21 heavy (non-hydrogen) atoms. The van der Waals surface area contributed by atoms with Gasteiger partial charge in [-0.2, -0.15) is 0 Å². The normalized spacial score (nSPS) is 12.0. The predicted octanol–water partition coefficient (Wildman–Crippen LogP) is 3.33. The first kappa shape index (κ1) is 15.5. The molecular weight excluding hydrogens is 286 g/mol. The third-order valence-corrected chi connectivity index (χ3v) is 3.58. The standard InChI is InChI=1S/C16H18ClN3O/c1-11-4-3-5-14(17)16(11)20-15(21)10-19-12(2)13-6-8-18-9-7-13/h3-9,12,19H,10H2,1-2H3,(H,20,21). The number of anilines is 1. The summed E-state index contributed by atoms with van der Waals surface area (Å²) >= 11 is 6.09. The Balaban J connectivity index is 1.91. The molecule has 0 saturated carbocycles. The number of nitrogens with zero attached hydrogens (tertiary/aromatic N) is 1. The molecule has 1 atom stereocenters. The van der Waals surface area contributed by atoms with Gasteiger partial charge in [-0.05, 0) is 43.2 Å². The van der Waals surface area contributed by atoms with E-state index in [4.69, 9.17) is 11.6 Å². The minimum Gasteiger partial charge on any atom is -0.323 e. The highest BCUT2D eigenvalue weighted by Gasteiger charge is 2.10. The maximum atomic E-state index is 12.0. The van der Waals surface area contributed by atoms with Gasteiger partial charge in [0, 0.05) is 18.4 Å². The zero-order chi connectivity index (χ0) is 15.2. The molecule has 4 nitrogen and oxygen atoms in total. The summed E-state index contributed by atoms with van der Waals surface area (Å²) in [4.78, 5) is 16.0. The first-order chi connectivity index (χ1) is 10.1. The molecule has 0 fully saturated rings. The summed E-state index contributed by atoms with van der Waals surface area (Å²) in [6.07, 6.45) is 3.47. The summed E-state index contributed by atoms with van der Waals surface area (Å²) in [6, 6.07) is 9.45. The second-order valence-corrected chi connectivity index (χ2v) is 5.27. The lowest BCUT2D eigenvalue weighted by molar-refractivity contribution is -0.115. The quantitative estimate of drug-likeness (QED) is 0.891. The second-order valence-electron chi connectivity index (χ2n) is 4.86. The third-order valence-electron chi connectivity index (χ3n) is 3.26. The van der Waals surface area contributed by atoms with Gasteiger partial charge in [-0.25, -0.2) is 0 Å². The summed E-state index contributed by atoms with van der Waals surface area (Å²) in [5.74, 6) is -0.118. The van der Waals surface area contributed by atoms with Gasteiger partial charge in [-0.1, -0.05) is 23.7 Å². The van der Waals surface area contributed by atoms with Crippen molar-refractivity contribution < 1.29 is 4.79 Å². The van der Waals surface area contributed by atoms with Gasteiger partial charge in [0.05, 0.1) is 17.3 Å². The number of carbonyl (C=O) groups is 1. The predicted molar refractivity (Wildman–Crippen MR) is 85.5 cm³/mol. The third kappa shape index (κ3) is 4.28. The summed E-state index contributed by atoms with van der Waals surface area (Å²) < 4.78 is 0. The topological polar surface area (TPSA) is 54.0 Å². The van der Waals surface area contributed by atoms with Crippen LogP contribution in [0.5, 0.6) is 0 Å². The number of hydrogen-bond acceptors (Lipinski definition) is 3. The van der Waals surface area contributed by atoms with E-state index < -0.39 is 0 Å². The fourth-order valence-electron chi connectivity index (χ4n) is 1.99. The van der Waals surface area contributed by atoms with Crippen LogP contribution in [0.15, 0.2) is 42.7 Å². The molecule has 2 N–H and O–H groups in total. The molecule has 1 aromatic carbocycles. The first-order valence-corrected chi connectivity index (χ1v) is 7.14. The van der Waals surface area contributed by atoms with Crippen LogP contribution in [0, 0.1) is 6.92 Å². The monoisotopic (exact) mass is 303 g/mol. The van der Waals surface area contributed by atoms with E-state index in [0.29, 0.717) is 10.7 Å². The number of benzene rings is 1. The lowest BCUT2D eigenvalue weighted by Crippen LogP contribution is -2.30. The number of rotatable bonds is 5. The molecule has 0 saturated heterocycles. The summed E-state index contributed by atoms with van der Waals surface area (Å²) in [5.41, 5.74) is 2.70. The average Bonchev–Trinajstić information content (AvgIpc) is 2.49. The SMILES string of the molecule is Cc1cccc(Cl)c1NC(=O)CNC(C)c1ccncc1. The molecule has 0 bridgehead atoms. The zero-order valence-electron chi connectivity index (χ0n) is 12.1. The summed E-state index contributed by atoms with van der Waals surface area (Å²) in [6.45, 7) is 4.13. The number of hydrogen-bond donors (Lipinski definition) is 2. The minimum absolute atomic E-state index is 0.0751. The lowest BCUT2D eigenvalue weighted by atomic mass is 10.1. The van der Waals surface area contributed by atoms with Crippen molar-refractivity contribution in [3.8, 4) is 0 Å². The molecule has 0 aliphatic rings. The average molecular weight is 304 g/mol. The Morgan fingerprint density at radius 2 is 2.00 bits per heavy atom. The van der Waals surface area contributed by atoms with E-state index in [1.54, 1.807) is 18.5 Å². The van der Waals surface area contributed by atoms with E-state index in [1.165, 1.54) is 0 Å². The van der Waals surface area contributed by atoms with E-state index >= 15 is 0 Å². The van der Waals surface area contributed by atoms with E-state index in [0.717, 1.165) is 11.1 Å². The van der Waals surface area contributed by atoms with Crippen molar-refractivity contribution in [1.82, 2.24) is 10.3 Å². The van der Waals surface area contributed by atoms with Gasteiger partial charge in [-0.3, -0.25) is 9.78 Å². The molecule has 1 unspecified atom stereocenters. The van der Waals surface area contributed by atoms with Gasteiger partial charge < -0.3 is 10.6 Å². The molecule has 5 heteroatoms. The van der Waals surface area contributed by atoms with Gasteiger partial charge in [0.1, 0.15) is 0 Å². The highest BCUT2D eigenvalue weighted by atomic mass is 35.5. The van der Waals surface area contributed by atoms with Crippen LogP contribution in [0.3, 0.4) is 0 Å². The molecule has 110 valence electrons. The number of amides is 1. The van der Waals surface area contributed by atoms with Crippen molar-refractivity contribution in [3.63, 3.8) is 0 Å². The maximum Gasteiger partial charge on any atom is 0.238 e. The number of aryl methyl sites for hydroxylation is 1. The van der Waals surface area contributed by atoms with Crippen molar-refractivity contribution in [3.05, 3.63) is 58.9 Å². The smallest absolute Gasteiger partial charge is 0.238 e. The van der Waals surface area contributed by atoms with Crippen molar-refractivity contribution in [2.45, 2.75) is 19.9 Å². The van der Waals surface area contributed by atoms with Gasteiger partial charge >= 0.3 is 0 Å². The lowest BCUT2D eigenvalue weighted by Gasteiger charge is -2.15. The van der Waals surface area contributed by atoms with E-state index in [2.05, 4.69) is 15.6 Å². The van der Waals surface area contributed by atoms with Crippen molar-refractivity contribution in [1.29, 1.82) is 0 Å². The summed E-state index contributed by atoms with van der Waals surface area (Å²) in [5, 5.41) is 6.56. The molecule has 1 aromatic heterocycles. The zero-order valence-corrected chi connectivity index (χ0v) is 12.8. The fourth-order valence-corrected chi connectivity index (χ4v) is 2.26. The van der Waals surface area contributed by atoms with Crippen LogP contribution in [-0.4, -0.2) is 17.4 Å². The Morgan fingerprint density at radius 3 is 2.67 bits per heavy atom. The van der Waals surface area contributed by atoms with Crippen molar-refractivity contribution in [2.24, 2.45) is 0 Å². The van der Waals surface area contributed by atoms with Crippen molar-refractivity contribution >= 4 is 23.2 Å². The number of halogens is 1. The van der Waals surface area contributed by atoms with E-state index in [-0.39, 0.29) is 18.5 Å². The Kier molecular flexibility index (Phi) is 5.31. The number of aromatic nitrogens is 1. The molecule has 0 spiro atoms. The highest BCUT2D eigenvalue weighted by molar-refractivity contribution is 6.33. The van der Waals surface area contributed by atoms with E-state index in [9.17, 15) is 4.79 Å². The molecule has 1 heterocycles. The van der Waals surface area contributed by atoms with Crippen LogP contribution >= 0.6 is 11.6 Å². The summed E-state index contributed by atoms with van der Waals surface area (Å²) in [7, 11) is 0. The van der Waals surface area contributed by atoms with Crippen LogP contribution in [0.2, 0.25) is 5.02 Å². The minimum atomic E-state index is -0.118. The number of para-hydroxylation sites is 1. The van der Waals surface area contributed by atoms with Gasteiger partial charge in [0.15, 0.2) is 0 Å². The van der Waals surface area contributed by atoms with Crippen molar-refractivity contribution in [2.75, 3.05) is 11.9 Å². The molecular formula is C16H18ClN3O. The number of nitrogens with one attached hydrogen (secondary N) is 2. The van der Waals surface area contributed by atoms with Gasteiger partial charge in [0.25, 0.3) is 0 Å². The molecule has 0 aliphatic heterocycles. The second kappa shape index (κ2) is 7.20. The highest BCUT2D eigenvalue weighted by Crippen LogP contribution is 2.25. The fraction of sp³-hybridized carbons (Fsp3) is 0.250. The largest absolute Gasteiger partial charge is 0.323 e. The Bertz CT molecular complexity index is 596. The Labute approximate surface area is 129 Å². The molecule has 2 rings (SSSR count). The van der Waals surface area contributed by atoms with E-state index in [1.807, 2.05) is 38.1 Å². The maximum absolute atomic E-state index is 12.0. The van der Waals surface area contributed by atoms with Crippen LogP contribution in [-0.2, 0) is 4.79 Å². The Morgan fingerprint density at radius 1 is 1.29 bits per heavy atom. The number of carbonyl (C=O) groups excluding carboxylic acids is 1. The molecule has 0 aliphatic carbocycles. The van der Waals surface area contributed by atoms with Gasteiger partial charge in [0.2, 0.25) is 5.91 Å². The first-order valence-electron chi connectivity index (χ1n) is 6.76. The van der Waals surface area contributed by atoms with Crippen LogP contribution in [0.1, 0.15) is 24.1 Å². The molecule has 1 amide bonds.